The molecule has 9 atom stereocenters. The topological polar surface area (TPSA) is 83.8 Å². The summed E-state index contributed by atoms with van der Waals surface area (Å²) in [5, 5.41) is 21.4. The van der Waals surface area contributed by atoms with Crippen LogP contribution in [0.2, 0.25) is 0 Å². The summed E-state index contributed by atoms with van der Waals surface area (Å²) in [6.45, 7) is 6.68. The van der Waals surface area contributed by atoms with Crippen molar-refractivity contribution in [1.29, 1.82) is 0 Å². The molecule has 4 aliphatic rings. The fourth-order valence-corrected chi connectivity index (χ4v) is 7.97. The van der Waals surface area contributed by atoms with E-state index in [-0.39, 0.29) is 24.8 Å². The third-order valence-corrected chi connectivity index (χ3v) is 9.35. The number of alkyl halides is 2. The highest BCUT2D eigenvalue weighted by atomic mass is 32.1. The molecule has 2 N–H and O–H groups in total. The Morgan fingerprint density at radius 2 is 1.97 bits per heavy atom. The van der Waals surface area contributed by atoms with E-state index >= 15 is 8.78 Å². The highest BCUT2D eigenvalue weighted by Gasteiger charge is 2.77. The molecule has 0 aromatic heterocycles. The minimum Gasteiger partial charge on any atom is -0.499 e. The average molecular weight is 469 g/mol. The van der Waals surface area contributed by atoms with Gasteiger partial charge in [0.05, 0.1) is 6.10 Å². The van der Waals surface area contributed by atoms with Crippen LogP contribution in [0.4, 0.5) is 8.78 Å². The molecule has 5 nitrogen and oxygen atoms in total. The fraction of sp³-hybridized carbons (Fsp3) is 0.708. The Balaban J connectivity index is 1.87. The van der Waals surface area contributed by atoms with E-state index in [0.29, 0.717) is 6.42 Å². The van der Waals surface area contributed by atoms with Crippen LogP contribution in [-0.2, 0) is 14.3 Å². The van der Waals surface area contributed by atoms with Gasteiger partial charge >= 0.3 is 5.97 Å². The maximum absolute atomic E-state index is 17.1. The molecular formula is C24H30F2O5S. The first-order valence-corrected chi connectivity index (χ1v) is 11.6. The lowest BCUT2D eigenvalue weighted by Gasteiger charge is -2.63. The molecule has 176 valence electrons. The van der Waals surface area contributed by atoms with Gasteiger partial charge in [0.25, 0.3) is 0 Å². The molecule has 0 bridgehead atoms. The second kappa shape index (κ2) is 7.16. The maximum Gasteiger partial charge on any atom is 0.306 e. The van der Waals surface area contributed by atoms with E-state index in [1.165, 1.54) is 19.1 Å². The number of esters is 1. The number of hydrogen-bond donors (Lipinski definition) is 2. The Morgan fingerprint density at radius 3 is 2.56 bits per heavy atom. The average Bonchev–Trinajstić information content (AvgIpc) is 2.93. The predicted octanol–water partition coefficient (Wildman–Crippen LogP) is 4.13. The number of rotatable bonds is 3. The number of hydrogen-bond acceptors (Lipinski definition) is 5. The van der Waals surface area contributed by atoms with E-state index in [9.17, 15) is 19.8 Å². The van der Waals surface area contributed by atoms with Crippen molar-refractivity contribution in [3.63, 3.8) is 0 Å². The number of fused-ring (bicyclic) bond motifs is 5. The molecule has 0 aromatic rings. The molecule has 0 spiro atoms. The van der Waals surface area contributed by atoms with Crippen molar-refractivity contribution in [1.82, 2.24) is 0 Å². The van der Waals surface area contributed by atoms with Crippen LogP contribution in [0, 0.1) is 28.6 Å². The van der Waals surface area contributed by atoms with Gasteiger partial charge in [0, 0.05) is 29.1 Å². The summed E-state index contributed by atoms with van der Waals surface area (Å²) in [7, 11) is 0. The summed E-state index contributed by atoms with van der Waals surface area (Å²) in [5.74, 6) is -2.84. The number of thiocarbonyl (C=S) groups is 1. The second-order valence-electron chi connectivity index (χ2n) is 10.4. The quantitative estimate of drug-likeness (QED) is 0.479. The second-order valence-corrected chi connectivity index (χ2v) is 10.8. The summed E-state index contributed by atoms with van der Waals surface area (Å²) in [4.78, 5) is 24.3. The Hall–Kier alpha value is -1.67. The number of carbonyl (C=O) groups is 2. The number of aliphatic hydroxyl groups is 2. The summed E-state index contributed by atoms with van der Waals surface area (Å²) >= 11 is 5.19. The van der Waals surface area contributed by atoms with Crippen LogP contribution in [0.1, 0.15) is 53.4 Å². The van der Waals surface area contributed by atoms with Gasteiger partial charge in [-0.2, -0.15) is 0 Å². The number of allylic oxidation sites excluding steroid dienone is 4. The van der Waals surface area contributed by atoms with Crippen molar-refractivity contribution >= 4 is 29.0 Å². The largest absolute Gasteiger partial charge is 0.499 e. The molecule has 0 saturated heterocycles. The Bertz CT molecular complexity index is 949. The van der Waals surface area contributed by atoms with Gasteiger partial charge in [-0.05, 0) is 62.0 Å². The smallest absolute Gasteiger partial charge is 0.306 e. The normalized spacial score (nSPS) is 49.5. The highest BCUT2D eigenvalue weighted by Crippen LogP contribution is 2.71. The number of ketones is 1. The zero-order valence-corrected chi connectivity index (χ0v) is 19.5. The van der Waals surface area contributed by atoms with E-state index in [1.807, 2.05) is 0 Å². The predicted molar refractivity (Wildman–Crippen MR) is 118 cm³/mol. The number of ether oxygens (including phenoxy) is 1. The highest BCUT2D eigenvalue weighted by molar-refractivity contribution is 7.80. The van der Waals surface area contributed by atoms with Crippen molar-refractivity contribution in [2.75, 3.05) is 0 Å². The van der Waals surface area contributed by atoms with E-state index in [4.69, 9.17) is 17.0 Å². The molecule has 0 aromatic carbocycles. The molecule has 0 heterocycles. The molecule has 3 fully saturated rings. The van der Waals surface area contributed by atoms with Crippen molar-refractivity contribution in [2.24, 2.45) is 28.6 Å². The standard InChI is InChI=1S/C24H30F2O5S/c1-5-19(29)31-24(20(30)32)12(2)8-14-15-10-17(25)16-9-13(27)6-7-21(16,3)23(15,26)18(28)11-22(14,24)4/h6-7,9,12,14-15,17-18,28H,5,8,10-11H2,1-4H3,(H,30,32)/t12-,14+,15+,17+,18+,21+,22+,23?,24-/m1/s1. The van der Waals surface area contributed by atoms with Gasteiger partial charge in [0.15, 0.2) is 17.1 Å². The maximum atomic E-state index is 17.1. The third kappa shape index (κ3) is 2.59. The Morgan fingerprint density at radius 1 is 1.31 bits per heavy atom. The molecule has 4 aliphatic carbocycles. The van der Waals surface area contributed by atoms with E-state index in [2.05, 4.69) is 0 Å². The van der Waals surface area contributed by atoms with Crippen LogP contribution in [0.25, 0.3) is 0 Å². The number of halogens is 2. The first-order chi connectivity index (χ1) is 14.8. The van der Waals surface area contributed by atoms with Gasteiger partial charge in [0.2, 0.25) is 5.05 Å². The third-order valence-electron chi connectivity index (χ3n) is 9.05. The molecule has 1 unspecified atom stereocenters. The summed E-state index contributed by atoms with van der Waals surface area (Å²) in [6.07, 6.45) is 0.733. The minimum atomic E-state index is -2.23. The SMILES string of the molecule is CCC(=O)O[C@@]1(C(O)=S)[C@H](C)C[C@H]2[C@@H]3C[C@H](F)C4=CC(=O)C=C[C@]4(C)C3(F)[C@@H](O)C[C@@]21C. The molecule has 3 saturated carbocycles. The van der Waals surface area contributed by atoms with Gasteiger partial charge < -0.3 is 14.9 Å². The van der Waals surface area contributed by atoms with Crippen LogP contribution < -0.4 is 0 Å². The zero-order valence-electron chi connectivity index (χ0n) is 18.7. The number of carbonyl (C=O) groups excluding carboxylic acids is 2. The van der Waals surface area contributed by atoms with Crippen molar-refractivity contribution < 1.29 is 33.3 Å². The molecule has 32 heavy (non-hydrogen) atoms. The van der Waals surface area contributed by atoms with E-state index in [0.717, 1.165) is 6.08 Å². The Kier molecular flexibility index (Phi) is 5.26. The summed E-state index contributed by atoms with van der Waals surface area (Å²) in [6, 6.07) is 0. The van der Waals surface area contributed by atoms with E-state index in [1.54, 1.807) is 20.8 Å². The van der Waals surface area contributed by atoms with Gasteiger partial charge in [-0.1, -0.05) is 26.8 Å². The van der Waals surface area contributed by atoms with Crippen LogP contribution in [-0.4, -0.2) is 50.6 Å². The Labute approximate surface area is 191 Å². The van der Waals surface area contributed by atoms with Crippen molar-refractivity contribution in [3.8, 4) is 0 Å². The molecule has 0 radical (unpaired) electrons. The molecule has 4 rings (SSSR count). The van der Waals surface area contributed by atoms with Crippen molar-refractivity contribution in [2.45, 2.75) is 76.9 Å². The zero-order chi connectivity index (χ0) is 23.9. The minimum absolute atomic E-state index is 0.0544. The lowest BCUT2D eigenvalue weighted by Crippen LogP contribution is -2.70. The molecular weight excluding hydrogens is 438 g/mol. The molecule has 8 heteroatoms. The monoisotopic (exact) mass is 468 g/mol. The van der Waals surface area contributed by atoms with E-state index < -0.39 is 68.9 Å². The first-order valence-electron chi connectivity index (χ1n) is 11.2. The van der Waals surface area contributed by atoms with Gasteiger partial charge in [-0.25, -0.2) is 8.78 Å². The first kappa shape index (κ1) is 23.5. The molecule has 0 aliphatic heterocycles. The summed E-state index contributed by atoms with van der Waals surface area (Å²) in [5.41, 5.74) is -6.33. The van der Waals surface area contributed by atoms with Crippen LogP contribution in [0.5, 0.6) is 0 Å². The fourth-order valence-electron chi connectivity index (χ4n) is 7.49. The lowest BCUT2D eigenvalue weighted by molar-refractivity contribution is -0.222. The summed E-state index contributed by atoms with van der Waals surface area (Å²) < 4.78 is 38.4. The van der Waals surface area contributed by atoms with Gasteiger partial charge in [-0.3, -0.25) is 9.59 Å². The number of aliphatic hydroxyl groups excluding tert-OH is 2. The van der Waals surface area contributed by atoms with Crippen LogP contribution >= 0.6 is 12.2 Å². The van der Waals surface area contributed by atoms with Crippen molar-refractivity contribution in [3.05, 3.63) is 23.8 Å². The van der Waals surface area contributed by atoms with Gasteiger partial charge in [-0.15, -0.1) is 0 Å². The van der Waals surface area contributed by atoms with Crippen LogP contribution in [0.3, 0.4) is 0 Å². The van der Waals surface area contributed by atoms with Crippen LogP contribution in [0.15, 0.2) is 23.8 Å². The van der Waals surface area contributed by atoms with Gasteiger partial charge in [0.1, 0.15) is 6.17 Å². The lowest BCUT2D eigenvalue weighted by atomic mass is 9.44. The molecule has 0 amide bonds.